The molecule has 2 heterocycles. The minimum absolute atomic E-state index is 0.00673. The highest BCUT2D eigenvalue weighted by Crippen LogP contribution is 2.24. The van der Waals surface area contributed by atoms with Gasteiger partial charge in [0.2, 0.25) is 20.0 Å². The van der Waals surface area contributed by atoms with Gasteiger partial charge >= 0.3 is 0 Å². The fourth-order valence-corrected chi connectivity index (χ4v) is 7.23. The average Bonchev–Trinajstić information content (AvgIpc) is 3.15. The van der Waals surface area contributed by atoms with E-state index in [9.17, 15) is 21.6 Å². The average molecular weight is 537 g/mol. The first kappa shape index (κ1) is 25.7. The molecule has 0 atom stereocenters. The number of primary sulfonamides is 1. The van der Waals surface area contributed by atoms with Gasteiger partial charge in [-0.3, -0.25) is 4.79 Å². The van der Waals surface area contributed by atoms with E-state index in [-0.39, 0.29) is 15.4 Å². The quantitative estimate of drug-likeness (QED) is 0.517. The smallest absolute Gasteiger partial charge is 0.279 e. The van der Waals surface area contributed by atoms with Crippen LogP contribution >= 0.6 is 11.3 Å². The number of fused-ring (bicyclic) bond motifs is 1. The van der Waals surface area contributed by atoms with Crippen molar-refractivity contribution in [3.8, 4) is 0 Å². The van der Waals surface area contributed by atoms with E-state index in [1.165, 1.54) is 52.0 Å². The summed E-state index contributed by atoms with van der Waals surface area (Å²) in [5.74, 6) is 0.00236. The van der Waals surface area contributed by atoms with Gasteiger partial charge in [-0.05, 0) is 67.6 Å². The Kier molecular flexibility index (Phi) is 7.30. The van der Waals surface area contributed by atoms with E-state index >= 15 is 0 Å². The lowest BCUT2D eigenvalue weighted by Crippen LogP contribution is -2.37. The lowest BCUT2D eigenvalue weighted by Gasteiger charge is -2.29. The van der Waals surface area contributed by atoms with Crippen LogP contribution < -0.4 is 9.94 Å². The lowest BCUT2D eigenvalue weighted by atomic mass is 10.0. The molecule has 9 nitrogen and oxygen atoms in total. The molecule has 188 valence electrons. The Bertz CT molecular complexity index is 1530. The van der Waals surface area contributed by atoms with Crippen LogP contribution in [-0.4, -0.2) is 44.7 Å². The maximum absolute atomic E-state index is 12.9. The summed E-state index contributed by atoms with van der Waals surface area (Å²) in [6.45, 7) is 5.69. The zero-order valence-corrected chi connectivity index (χ0v) is 22.0. The number of benzene rings is 2. The Hall–Kier alpha value is -2.38. The first-order valence-corrected chi connectivity index (χ1v) is 15.2. The number of carbonyl (C=O) groups excluding carboxylic acids is 1. The van der Waals surface area contributed by atoms with E-state index in [0.29, 0.717) is 35.1 Å². The SMILES string of the molecule is CCCn1c(=NC(=O)c2ccc(S(=O)(=O)N3CCC(C)CC3)cc2)sc2cc(S(N)(=O)=O)ccc21. The summed E-state index contributed by atoms with van der Waals surface area (Å²) in [4.78, 5) is 17.8. The molecule has 3 aromatic rings. The Morgan fingerprint density at radius 1 is 1.06 bits per heavy atom. The monoisotopic (exact) mass is 536 g/mol. The number of rotatable bonds is 6. The Balaban J connectivity index is 1.65. The molecule has 12 heteroatoms. The Morgan fingerprint density at radius 2 is 1.69 bits per heavy atom. The number of aromatic nitrogens is 1. The number of hydrogen-bond donors (Lipinski definition) is 1. The van der Waals surface area contributed by atoms with Gasteiger partial charge in [-0.15, -0.1) is 0 Å². The molecule has 0 saturated carbocycles. The number of thiazole rings is 1. The molecule has 1 fully saturated rings. The maximum atomic E-state index is 12.9. The highest BCUT2D eigenvalue weighted by Gasteiger charge is 2.28. The molecule has 35 heavy (non-hydrogen) atoms. The molecular weight excluding hydrogens is 508 g/mol. The predicted molar refractivity (Wildman–Crippen MR) is 135 cm³/mol. The molecule has 2 N–H and O–H groups in total. The number of nitrogens with zero attached hydrogens (tertiary/aromatic N) is 3. The Morgan fingerprint density at radius 3 is 2.29 bits per heavy atom. The molecule has 0 aliphatic carbocycles. The largest absolute Gasteiger partial charge is 0.316 e. The van der Waals surface area contributed by atoms with Crippen molar-refractivity contribution in [2.24, 2.45) is 16.0 Å². The summed E-state index contributed by atoms with van der Waals surface area (Å²) in [6.07, 6.45) is 2.45. The van der Waals surface area contributed by atoms with Gasteiger partial charge in [-0.1, -0.05) is 25.2 Å². The van der Waals surface area contributed by atoms with E-state index in [2.05, 4.69) is 11.9 Å². The van der Waals surface area contributed by atoms with Crippen molar-refractivity contribution in [2.75, 3.05) is 13.1 Å². The molecule has 1 amide bonds. The summed E-state index contributed by atoms with van der Waals surface area (Å²) in [7, 11) is -7.46. The van der Waals surface area contributed by atoms with Crippen LogP contribution in [0.4, 0.5) is 0 Å². The van der Waals surface area contributed by atoms with Crippen LogP contribution in [-0.2, 0) is 26.6 Å². The van der Waals surface area contributed by atoms with Gasteiger partial charge in [0, 0.05) is 25.2 Å². The van der Waals surface area contributed by atoms with Crippen molar-refractivity contribution < 1.29 is 21.6 Å². The van der Waals surface area contributed by atoms with Gasteiger partial charge in [0.1, 0.15) is 0 Å². The number of hydrogen-bond acceptors (Lipinski definition) is 6. The van der Waals surface area contributed by atoms with E-state index in [0.717, 1.165) is 24.8 Å². The maximum Gasteiger partial charge on any atom is 0.279 e. The fraction of sp³-hybridized carbons (Fsp3) is 0.391. The third kappa shape index (κ3) is 5.41. The van der Waals surface area contributed by atoms with Gasteiger partial charge in [0.25, 0.3) is 5.91 Å². The summed E-state index contributed by atoms with van der Waals surface area (Å²) in [6, 6.07) is 10.4. The Labute approximate surface area is 209 Å². The number of amides is 1. The van der Waals surface area contributed by atoms with E-state index in [1.54, 1.807) is 6.07 Å². The van der Waals surface area contributed by atoms with Crippen molar-refractivity contribution in [3.63, 3.8) is 0 Å². The molecule has 1 aliphatic heterocycles. The van der Waals surface area contributed by atoms with E-state index < -0.39 is 26.0 Å². The van der Waals surface area contributed by atoms with Crippen LogP contribution in [0.25, 0.3) is 10.2 Å². The second kappa shape index (κ2) is 9.94. The van der Waals surface area contributed by atoms with Crippen LogP contribution in [0.15, 0.2) is 57.2 Å². The normalized spacial score (nSPS) is 16.7. The van der Waals surface area contributed by atoms with Gasteiger partial charge in [0.15, 0.2) is 4.80 Å². The number of sulfonamides is 2. The van der Waals surface area contributed by atoms with E-state index in [1.807, 2.05) is 11.5 Å². The zero-order chi connectivity index (χ0) is 25.4. The molecule has 4 rings (SSSR count). The van der Waals surface area contributed by atoms with Crippen LogP contribution in [0.1, 0.15) is 43.5 Å². The molecule has 1 aliphatic rings. The van der Waals surface area contributed by atoms with Crippen molar-refractivity contribution >= 4 is 47.5 Å². The van der Waals surface area contributed by atoms with Crippen LogP contribution in [0.2, 0.25) is 0 Å². The molecule has 2 aromatic carbocycles. The van der Waals surface area contributed by atoms with Crippen molar-refractivity contribution in [1.82, 2.24) is 8.87 Å². The van der Waals surface area contributed by atoms with E-state index in [4.69, 9.17) is 5.14 Å². The molecule has 1 saturated heterocycles. The number of piperidine rings is 1. The zero-order valence-electron chi connectivity index (χ0n) is 19.5. The van der Waals surface area contributed by atoms with Gasteiger partial charge < -0.3 is 4.57 Å². The minimum Gasteiger partial charge on any atom is -0.316 e. The van der Waals surface area contributed by atoms with Crippen LogP contribution in [0.3, 0.4) is 0 Å². The van der Waals surface area contributed by atoms with Crippen LogP contribution in [0.5, 0.6) is 0 Å². The highest BCUT2D eigenvalue weighted by molar-refractivity contribution is 7.89. The molecule has 1 aromatic heterocycles. The lowest BCUT2D eigenvalue weighted by molar-refractivity contribution is 0.0997. The predicted octanol–water partition coefficient (Wildman–Crippen LogP) is 2.92. The molecule has 0 spiro atoms. The standard InChI is InChI=1S/C23H28N4O5S3/c1-3-12-27-20-9-8-19(34(24,29)30)15-21(20)33-23(27)25-22(28)17-4-6-18(7-5-17)35(31,32)26-13-10-16(2)11-14-26/h4-9,15-16H,3,10-14H2,1-2H3,(H2,24,29,30). The number of nitrogens with two attached hydrogens (primary N) is 1. The van der Waals surface area contributed by atoms with Crippen molar-refractivity contribution in [2.45, 2.75) is 49.4 Å². The highest BCUT2D eigenvalue weighted by atomic mass is 32.2. The first-order valence-electron chi connectivity index (χ1n) is 11.4. The van der Waals surface area contributed by atoms with Gasteiger partial charge in [0.05, 0.1) is 20.0 Å². The third-order valence-corrected chi connectivity index (χ3v) is 9.97. The minimum atomic E-state index is -3.86. The van der Waals surface area contributed by atoms with Gasteiger partial charge in [-0.2, -0.15) is 9.30 Å². The molecule has 0 bridgehead atoms. The van der Waals surface area contributed by atoms with Crippen molar-refractivity contribution in [1.29, 1.82) is 0 Å². The molecular formula is C23H28N4O5S3. The summed E-state index contributed by atoms with van der Waals surface area (Å²) in [5.41, 5.74) is 1.02. The molecule has 0 unspecified atom stereocenters. The summed E-state index contributed by atoms with van der Waals surface area (Å²) >= 11 is 1.20. The van der Waals surface area contributed by atoms with Gasteiger partial charge in [-0.25, -0.2) is 22.0 Å². The molecule has 0 radical (unpaired) electrons. The van der Waals surface area contributed by atoms with Crippen LogP contribution in [0, 0.1) is 5.92 Å². The number of aryl methyl sites for hydroxylation is 1. The fourth-order valence-electron chi connectivity index (χ4n) is 4.05. The summed E-state index contributed by atoms with van der Waals surface area (Å²) < 4.78 is 53.3. The van der Waals surface area contributed by atoms with Crippen molar-refractivity contribution in [3.05, 3.63) is 52.8 Å². The second-order valence-electron chi connectivity index (χ2n) is 8.74. The number of carbonyl (C=O) groups is 1. The second-order valence-corrected chi connectivity index (χ2v) is 13.2. The topological polar surface area (TPSA) is 132 Å². The first-order chi connectivity index (χ1) is 16.5. The summed E-state index contributed by atoms with van der Waals surface area (Å²) in [5, 5.41) is 5.25. The third-order valence-electron chi connectivity index (χ3n) is 6.11.